The van der Waals surface area contributed by atoms with Gasteiger partial charge in [-0.15, -0.1) is 0 Å². The molecule has 3 heteroatoms. The molecule has 0 bridgehead atoms. The highest BCUT2D eigenvalue weighted by Gasteiger charge is 2.15. The topological polar surface area (TPSA) is 12.9 Å². The van der Waals surface area contributed by atoms with Crippen LogP contribution >= 0.6 is 15.9 Å². The first-order valence-electron chi connectivity index (χ1n) is 3.62. The van der Waals surface area contributed by atoms with Gasteiger partial charge in [-0.25, -0.2) is 4.98 Å². The number of hydrogen-bond acceptors (Lipinski definition) is 1. The molecule has 11 heavy (non-hydrogen) atoms. The molecule has 1 nitrogen and oxygen atoms in total. The lowest BCUT2D eigenvalue weighted by atomic mass is 10.5. The van der Waals surface area contributed by atoms with Crippen molar-refractivity contribution < 1.29 is 0 Å². The average molecular weight is 230 g/mol. The van der Waals surface area contributed by atoms with Crippen LogP contribution in [-0.4, -0.2) is 13.1 Å². The molecule has 0 fully saturated rings. The maximum absolute atomic E-state index is 4.09. The van der Waals surface area contributed by atoms with Crippen LogP contribution in [0.2, 0.25) is 19.6 Å². The number of halogens is 1. The van der Waals surface area contributed by atoms with Gasteiger partial charge in [0.25, 0.3) is 0 Å². The lowest BCUT2D eigenvalue weighted by Crippen LogP contribution is -2.37. The Morgan fingerprint density at radius 2 is 2.00 bits per heavy atom. The zero-order valence-electron chi connectivity index (χ0n) is 7.06. The molecule has 0 N–H and O–H groups in total. The van der Waals surface area contributed by atoms with E-state index in [4.69, 9.17) is 0 Å². The minimum atomic E-state index is -1.13. The third-order valence-corrected chi connectivity index (χ3v) is 4.07. The van der Waals surface area contributed by atoms with Crippen LogP contribution in [0.5, 0.6) is 0 Å². The fraction of sp³-hybridized carbons (Fsp3) is 0.375. The Hall–Kier alpha value is -0.153. The van der Waals surface area contributed by atoms with Crippen molar-refractivity contribution in [3.63, 3.8) is 0 Å². The van der Waals surface area contributed by atoms with Crippen LogP contribution in [-0.2, 0) is 0 Å². The fourth-order valence-corrected chi connectivity index (χ4v) is 2.59. The lowest BCUT2D eigenvalue weighted by Gasteiger charge is -2.15. The van der Waals surface area contributed by atoms with E-state index < -0.39 is 8.07 Å². The van der Waals surface area contributed by atoms with Gasteiger partial charge in [0, 0.05) is 6.20 Å². The number of aromatic nitrogens is 1. The largest absolute Gasteiger partial charge is 0.249 e. The monoisotopic (exact) mass is 229 g/mol. The zero-order valence-corrected chi connectivity index (χ0v) is 9.64. The second-order valence-corrected chi connectivity index (χ2v) is 9.51. The first-order valence-corrected chi connectivity index (χ1v) is 7.91. The first-order chi connectivity index (χ1) is 5.00. The quantitative estimate of drug-likeness (QED) is 0.533. The minimum Gasteiger partial charge on any atom is -0.249 e. The SMILES string of the molecule is C[Si](C)(C)c1ccnc(Br)c1. The van der Waals surface area contributed by atoms with E-state index in [0.29, 0.717) is 0 Å². The standard InChI is InChI=1S/C8H12BrNSi/c1-11(2,3)7-4-5-10-8(9)6-7/h4-6H,1-3H3. The van der Waals surface area contributed by atoms with E-state index in [1.807, 2.05) is 6.20 Å². The van der Waals surface area contributed by atoms with Crippen molar-refractivity contribution >= 4 is 29.2 Å². The molecule has 1 aromatic heterocycles. The van der Waals surface area contributed by atoms with Crippen molar-refractivity contribution in [1.82, 2.24) is 4.98 Å². The molecule has 0 saturated carbocycles. The van der Waals surface area contributed by atoms with Gasteiger partial charge in [0.05, 0.1) is 8.07 Å². The van der Waals surface area contributed by atoms with E-state index in [1.54, 1.807) is 0 Å². The number of hydrogen-bond donors (Lipinski definition) is 0. The van der Waals surface area contributed by atoms with Gasteiger partial charge < -0.3 is 0 Å². The molecule has 1 aromatic rings. The molecule has 1 heterocycles. The van der Waals surface area contributed by atoms with Crippen molar-refractivity contribution in [2.75, 3.05) is 0 Å². The molecule has 0 amide bonds. The fourth-order valence-electron chi connectivity index (χ4n) is 0.869. The van der Waals surface area contributed by atoms with Crippen LogP contribution in [0.15, 0.2) is 22.9 Å². The molecule has 0 radical (unpaired) electrons. The van der Waals surface area contributed by atoms with Gasteiger partial charge in [0.1, 0.15) is 4.60 Å². The van der Waals surface area contributed by atoms with Crippen molar-refractivity contribution in [1.29, 1.82) is 0 Å². The van der Waals surface area contributed by atoms with Crippen LogP contribution in [0.25, 0.3) is 0 Å². The number of rotatable bonds is 1. The molecular weight excluding hydrogens is 218 g/mol. The maximum Gasteiger partial charge on any atom is 0.105 e. The predicted octanol–water partition coefficient (Wildman–Crippen LogP) is 2.39. The van der Waals surface area contributed by atoms with Gasteiger partial charge in [0.15, 0.2) is 0 Å². The predicted molar refractivity (Wildman–Crippen MR) is 54.9 cm³/mol. The Balaban J connectivity index is 3.06. The third-order valence-electron chi connectivity index (χ3n) is 1.59. The zero-order chi connectivity index (χ0) is 8.48. The van der Waals surface area contributed by atoms with E-state index >= 15 is 0 Å². The molecule has 0 aromatic carbocycles. The van der Waals surface area contributed by atoms with Gasteiger partial charge in [-0.3, -0.25) is 0 Å². The molecule has 0 aliphatic carbocycles. The van der Waals surface area contributed by atoms with Crippen LogP contribution in [0.1, 0.15) is 0 Å². The summed E-state index contributed by atoms with van der Waals surface area (Å²) in [5.41, 5.74) is 0. The molecule has 1 rings (SSSR count). The van der Waals surface area contributed by atoms with E-state index in [1.165, 1.54) is 5.19 Å². The highest BCUT2D eigenvalue weighted by Crippen LogP contribution is 2.06. The van der Waals surface area contributed by atoms with Gasteiger partial charge in [-0.2, -0.15) is 0 Å². The van der Waals surface area contributed by atoms with Crippen molar-refractivity contribution in [3.05, 3.63) is 22.9 Å². The minimum absolute atomic E-state index is 0.942. The van der Waals surface area contributed by atoms with E-state index in [2.05, 4.69) is 52.7 Å². The van der Waals surface area contributed by atoms with Crippen molar-refractivity contribution in [3.8, 4) is 0 Å². The Kier molecular flexibility index (Phi) is 2.49. The van der Waals surface area contributed by atoms with Crippen molar-refractivity contribution in [2.24, 2.45) is 0 Å². The molecule has 0 aliphatic rings. The van der Waals surface area contributed by atoms with Gasteiger partial charge >= 0.3 is 0 Å². The average Bonchev–Trinajstić information content (AvgIpc) is 1.86. The highest BCUT2D eigenvalue weighted by atomic mass is 79.9. The summed E-state index contributed by atoms with van der Waals surface area (Å²) in [5.74, 6) is 0. The summed E-state index contributed by atoms with van der Waals surface area (Å²) < 4.78 is 0.942. The van der Waals surface area contributed by atoms with Crippen LogP contribution < -0.4 is 5.19 Å². The van der Waals surface area contributed by atoms with E-state index in [9.17, 15) is 0 Å². The van der Waals surface area contributed by atoms with Gasteiger partial charge in [-0.05, 0) is 28.1 Å². The van der Waals surface area contributed by atoms with Gasteiger partial charge in [-0.1, -0.05) is 24.8 Å². The highest BCUT2D eigenvalue weighted by molar-refractivity contribution is 9.10. The van der Waals surface area contributed by atoms with Gasteiger partial charge in [0.2, 0.25) is 0 Å². The Morgan fingerprint density at radius 1 is 1.36 bits per heavy atom. The molecule has 60 valence electrons. The second kappa shape index (κ2) is 3.07. The molecular formula is C8H12BrNSi. The summed E-state index contributed by atoms with van der Waals surface area (Å²) in [4.78, 5) is 4.09. The summed E-state index contributed by atoms with van der Waals surface area (Å²) in [6, 6.07) is 4.23. The Bertz CT molecular complexity index is 255. The summed E-state index contributed by atoms with van der Waals surface area (Å²) in [6.07, 6.45) is 1.86. The molecule has 0 spiro atoms. The van der Waals surface area contributed by atoms with E-state index in [-0.39, 0.29) is 0 Å². The van der Waals surface area contributed by atoms with Crippen LogP contribution in [0.3, 0.4) is 0 Å². The summed E-state index contributed by atoms with van der Waals surface area (Å²) in [6.45, 7) is 6.98. The van der Waals surface area contributed by atoms with Crippen LogP contribution in [0, 0.1) is 0 Å². The summed E-state index contributed by atoms with van der Waals surface area (Å²) >= 11 is 3.37. The molecule has 0 aliphatic heterocycles. The van der Waals surface area contributed by atoms with Crippen molar-refractivity contribution in [2.45, 2.75) is 19.6 Å². The van der Waals surface area contributed by atoms with Crippen LogP contribution in [0.4, 0.5) is 0 Å². The summed E-state index contributed by atoms with van der Waals surface area (Å²) in [5, 5.41) is 1.44. The smallest absolute Gasteiger partial charge is 0.105 e. The number of pyridine rings is 1. The lowest BCUT2D eigenvalue weighted by molar-refractivity contribution is 1.29. The Labute approximate surface area is 77.0 Å². The normalized spacial score (nSPS) is 11.6. The third kappa shape index (κ3) is 2.41. The number of nitrogens with zero attached hydrogens (tertiary/aromatic N) is 1. The molecule has 0 atom stereocenters. The summed E-state index contributed by atoms with van der Waals surface area (Å²) in [7, 11) is -1.13. The Morgan fingerprint density at radius 3 is 2.36 bits per heavy atom. The first kappa shape index (κ1) is 8.94. The maximum atomic E-state index is 4.09. The molecule has 0 unspecified atom stereocenters. The van der Waals surface area contributed by atoms with E-state index in [0.717, 1.165) is 4.60 Å². The second-order valence-electron chi connectivity index (χ2n) is 3.62. The molecule has 0 saturated heterocycles.